The van der Waals surface area contributed by atoms with Gasteiger partial charge >= 0.3 is 5.97 Å². The van der Waals surface area contributed by atoms with E-state index in [-0.39, 0.29) is 5.91 Å². The number of amides is 1. The minimum absolute atomic E-state index is 0.270. The van der Waals surface area contributed by atoms with Gasteiger partial charge in [0.2, 0.25) is 5.91 Å². The first-order valence-electron chi connectivity index (χ1n) is 4.16. The molecule has 1 amide bonds. The summed E-state index contributed by atoms with van der Waals surface area (Å²) in [6.45, 7) is 3.01. The average Bonchev–Trinajstić information content (AvgIpc) is 1.97. The van der Waals surface area contributed by atoms with E-state index in [1.807, 2.05) is 0 Å². The van der Waals surface area contributed by atoms with Crippen LogP contribution in [0.25, 0.3) is 0 Å². The number of carbonyl (C=O) groups is 2. The number of rotatable bonds is 3. The molecule has 0 saturated carbocycles. The summed E-state index contributed by atoms with van der Waals surface area (Å²) in [6, 6.07) is -0.440. The van der Waals surface area contributed by atoms with E-state index in [4.69, 9.17) is 5.11 Å². The Bertz CT molecular complexity index is 238. The summed E-state index contributed by atoms with van der Waals surface area (Å²) in [5.41, 5.74) is 0. The summed E-state index contributed by atoms with van der Waals surface area (Å²) in [6.07, 6.45) is -0.791. The molecule has 3 N–H and O–H groups in total. The predicted octanol–water partition coefficient (Wildman–Crippen LogP) is -0.797. The number of carboxylic acids is 1. The maximum atomic E-state index is 10.9. The van der Waals surface area contributed by atoms with Gasteiger partial charge < -0.3 is 15.5 Å². The van der Waals surface area contributed by atoms with Crippen molar-refractivity contribution in [3.63, 3.8) is 0 Å². The van der Waals surface area contributed by atoms with Crippen LogP contribution < -0.4 is 5.32 Å². The lowest BCUT2D eigenvalue weighted by Crippen LogP contribution is -2.65. The van der Waals surface area contributed by atoms with Crippen molar-refractivity contribution in [3.05, 3.63) is 0 Å². The molecule has 0 aliphatic carbocycles. The normalized spacial score (nSPS) is 31.5. The number of aliphatic hydroxyl groups excluding tert-OH is 1. The van der Waals surface area contributed by atoms with Gasteiger partial charge in [0.1, 0.15) is 0 Å². The fraction of sp³-hybridized carbons (Fsp3) is 0.750. The molecule has 74 valence electrons. The van der Waals surface area contributed by atoms with Crippen molar-refractivity contribution in [2.45, 2.75) is 26.0 Å². The Hall–Kier alpha value is -1.10. The Morgan fingerprint density at radius 2 is 2.08 bits per heavy atom. The van der Waals surface area contributed by atoms with E-state index in [1.54, 1.807) is 0 Å². The Morgan fingerprint density at radius 1 is 1.54 bits per heavy atom. The number of aliphatic carboxylic acids is 1. The summed E-state index contributed by atoms with van der Waals surface area (Å²) in [7, 11) is 0. The quantitative estimate of drug-likeness (QED) is 0.505. The summed E-state index contributed by atoms with van der Waals surface area (Å²) < 4.78 is 0. The second-order valence-corrected chi connectivity index (χ2v) is 3.43. The molecule has 1 fully saturated rings. The van der Waals surface area contributed by atoms with Crippen molar-refractivity contribution >= 4 is 11.9 Å². The van der Waals surface area contributed by atoms with E-state index in [1.165, 1.54) is 13.8 Å². The minimum Gasteiger partial charge on any atom is -0.481 e. The molecule has 1 heterocycles. The molecule has 0 spiro atoms. The number of hydrogen-bond donors (Lipinski definition) is 3. The molecule has 0 aromatic heterocycles. The fourth-order valence-corrected chi connectivity index (χ4v) is 1.53. The van der Waals surface area contributed by atoms with Crippen LogP contribution in [0.3, 0.4) is 0 Å². The van der Waals surface area contributed by atoms with Gasteiger partial charge in [0.05, 0.1) is 24.0 Å². The predicted molar refractivity (Wildman–Crippen MR) is 43.9 cm³/mol. The third-order valence-electron chi connectivity index (χ3n) is 2.45. The van der Waals surface area contributed by atoms with Crippen molar-refractivity contribution in [2.75, 3.05) is 0 Å². The summed E-state index contributed by atoms with van der Waals surface area (Å²) in [4.78, 5) is 21.5. The monoisotopic (exact) mass is 187 g/mol. The summed E-state index contributed by atoms with van der Waals surface area (Å²) in [5, 5.41) is 20.3. The number of carbonyl (C=O) groups excluding carboxylic acids is 1. The van der Waals surface area contributed by atoms with Gasteiger partial charge in [-0.25, -0.2) is 0 Å². The molecule has 13 heavy (non-hydrogen) atoms. The van der Waals surface area contributed by atoms with Gasteiger partial charge in [-0.15, -0.1) is 0 Å². The fourth-order valence-electron chi connectivity index (χ4n) is 1.53. The molecular weight excluding hydrogens is 174 g/mol. The number of carboxylic acid groups (broad SMARTS) is 1. The zero-order chi connectivity index (χ0) is 10.2. The van der Waals surface area contributed by atoms with Crippen LogP contribution in [0, 0.1) is 11.8 Å². The molecule has 0 aromatic carbocycles. The highest BCUT2D eigenvalue weighted by Crippen LogP contribution is 2.25. The molecule has 0 bridgehead atoms. The average molecular weight is 187 g/mol. The molecule has 1 rings (SSSR count). The molecule has 1 aliphatic rings. The van der Waals surface area contributed by atoms with Crippen LogP contribution in [0.5, 0.6) is 0 Å². The smallest absolute Gasteiger partial charge is 0.308 e. The lowest BCUT2D eigenvalue weighted by molar-refractivity contribution is -0.151. The largest absolute Gasteiger partial charge is 0.481 e. The van der Waals surface area contributed by atoms with Gasteiger partial charge in [0, 0.05) is 0 Å². The molecule has 4 atom stereocenters. The van der Waals surface area contributed by atoms with Gasteiger partial charge in [0.25, 0.3) is 0 Å². The van der Waals surface area contributed by atoms with Crippen molar-refractivity contribution in [2.24, 2.45) is 11.8 Å². The van der Waals surface area contributed by atoms with Crippen LogP contribution in [0.15, 0.2) is 0 Å². The van der Waals surface area contributed by atoms with E-state index >= 15 is 0 Å². The van der Waals surface area contributed by atoms with Crippen LogP contribution in [-0.4, -0.2) is 34.2 Å². The van der Waals surface area contributed by atoms with Crippen molar-refractivity contribution in [1.29, 1.82) is 0 Å². The van der Waals surface area contributed by atoms with Crippen LogP contribution in [0.1, 0.15) is 13.8 Å². The topological polar surface area (TPSA) is 86.6 Å². The first kappa shape index (κ1) is 9.98. The first-order valence-corrected chi connectivity index (χ1v) is 4.16. The van der Waals surface area contributed by atoms with E-state index in [9.17, 15) is 14.7 Å². The lowest BCUT2D eigenvalue weighted by atomic mass is 9.79. The number of aliphatic hydroxyl groups is 1. The second-order valence-electron chi connectivity index (χ2n) is 3.43. The number of β-lactam (4-membered cyclic amide) rings is 1. The molecule has 1 aliphatic heterocycles. The van der Waals surface area contributed by atoms with E-state index in [2.05, 4.69) is 5.32 Å². The van der Waals surface area contributed by atoms with E-state index < -0.39 is 30.0 Å². The van der Waals surface area contributed by atoms with Crippen molar-refractivity contribution in [3.8, 4) is 0 Å². The molecule has 5 nitrogen and oxygen atoms in total. The van der Waals surface area contributed by atoms with E-state index in [0.717, 1.165) is 0 Å². The zero-order valence-electron chi connectivity index (χ0n) is 7.52. The molecule has 1 unspecified atom stereocenters. The Balaban J connectivity index is 2.64. The number of nitrogens with one attached hydrogen (secondary N) is 1. The molecule has 0 radical (unpaired) electrons. The Kier molecular flexibility index (Phi) is 2.56. The number of hydrogen-bond acceptors (Lipinski definition) is 3. The third-order valence-corrected chi connectivity index (χ3v) is 2.45. The van der Waals surface area contributed by atoms with Crippen LogP contribution >= 0.6 is 0 Å². The van der Waals surface area contributed by atoms with Crippen LogP contribution in [0.4, 0.5) is 0 Å². The van der Waals surface area contributed by atoms with Gasteiger partial charge in [0.15, 0.2) is 0 Å². The maximum Gasteiger partial charge on any atom is 0.308 e. The highest BCUT2D eigenvalue weighted by Gasteiger charge is 2.47. The Morgan fingerprint density at radius 3 is 2.38 bits per heavy atom. The first-order chi connectivity index (χ1) is 5.95. The van der Waals surface area contributed by atoms with E-state index in [0.29, 0.717) is 0 Å². The highest BCUT2D eigenvalue weighted by molar-refractivity contribution is 5.88. The lowest BCUT2D eigenvalue weighted by Gasteiger charge is -2.40. The third kappa shape index (κ3) is 1.65. The van der Waals surface area contributed by atoms with Gasteiger partial charge in [-0.05, 0) is 13.8 Å². The Labute approximate surface area is 75.7 Å². The highest BCUT2D eigenvalue weighted by atomic mass is 16.4. The second kappa shape index (κ2) is 3.33. The summed E-state index contributed by atoms with van der Waals surface area (Å²) in [5.74, 6) is -2.47. The van der Waals surface area contributed by atoms with Gasteiger partial charge in [-0.2, -0.15) is 0 Å². The van der Waals surface area contributed by atoms with Crippen molar-refractivity contribution in [1.82, 2.24) is 5.32 Å². The van der Waals surface area contributed by atoms with Crippen LogP contribution in [0.2, 0.25) is 0 Å². The SMILES string of the molecule is CC(O)[C@H]1C(=O)N[C@@H]1[C@H](C)C(=O)O. The molecule has 0 aromatic rings. The zero-order valence-corrected chi connectivity index (χ0v) is 7.52. The van der Waals surface area contributed by atoms with Crippen molar-refractivity contribution < 1.29 is 19.8 Å². The van der Waals surface area contributed by atoms with Gasteiger partial charge in [-0.3, -0.25) is 9.59 Å². The summed E-state index contributed by atoms with van der Waals surface area (Å²) >= 11 is 0. The molecular formula is C8H13NO4. The standard InChI is InChI=1S/C8H13NO4/c1-3(8(12)13)6-5(4(2)10)7(11)9-6/h3-6,10H,1-2H3,(H,9,11)(H,12,13)/t3-,4?,5+,6+/m0/s1. The minimum atomic E-state index is -0.962. The molecule has 5 heteroatoms. The van der Waals surface area contributed by atoms with Gasteiger partial charge in [-0.1, -0.05) is 0 Å². The van der Waals surface area contributed by atoms with Crippen LogP contribution in [-0.2, 0) is 9.59 Å². The molecule has 1 saturated heterocycles. The maximum absolute atomic E-state index is 10.9.